The Balaban J connectivity index is 1.27. The first-order valence-electron chi connectivity index (χ1n) is 10.6. The molecule has 9 heteroatoms. The summed E-state index contributed by atoms with van der Waals surface area (Å²) < 4.78 is 5.60. The molecule has 0 radical (unpaired) electrons. The Hall–Kier alpha value is -3.72. The Kier molecular flexibility index (Phi) is 7.08. The zero-order chi connectivity index (χ0) is 22.2. The summed E-state index contributed by atoms with van der Waals surface area (Å²) in [5, 5.41) is 5.66. The summed E-state index contributed by atoms with van der Waals surface area (Å²) in [5.74, 6) is 1.52. The number of amides is 2. The van der Waals surface area contributed by atoms with Gasteiger partial charge in [0.1, 0.15) is 11.6 Å². The molecule has 32 heavy (non-hydrogen) atoms. The minimum atomic E-state index is -0.308. The van der Waals surface area contributed by atoms with E-state index in [9.17, 15) is 4.79 Å². The molecule has 9 nitrogen and oxygen atoms in total. The standard InChI is InChI=1S/C23H27N7O2/c1-29-11-4-12-30(14-13-29)21-8-7-18(16-26-21)17-27-22(31)28-19-5-2-6-20(15-19)32-23-24-9-3-10-25-23/h2-3,5-10,15-16H,4,11-14,17H2,1H3,(H2,27,28,31). The highest BCUT2D eigenvalue weighted by atomic mass is 16.5. The van der Waals surface area contributed by atoms with Crippen molar-refractivity contribution in [3.8, 4) is 11.8 Å². The molecule has 1 saturated heterocycles. The van der Waals surface area contributed by atoms with Gasteiger partial charge in [-0.3, -0.25) is 0 Å². The summed E-state index contributed by atoms with van der Waals surface area (Å²) in [6.07, 6.45) is 6.16. The maximum atomic E-state index is 12.3. The third-order valence-electron chi connectivity index (χ3n) is 5.15. The van der Waals surface area contributed by atoms with Gasteiger partial charge in [0.25, 0.3) is 0 Å². The van der Waals surface area contributed by atoms with Crippen LogP contribution in [-0.2, 0) is 6.54 Å². The zero-order valence-corrected chi connectivity index (χ0v) is 18.1. The number of rotatable bonds is 6. The van der Waals surface area contributed by atoms with E-state index in [-0.39, 0.29) is 12.0 Å². The molecule has 0 spiro atoms. The van der Waals surface area contributed by atoms with E-state index in [4.69, 9.17) is 4.74 Å². The van der Waals surface area contributed by atoms with E-state index in [1.54, 1.807) is 42.7 Å². The van der Waals surface area contributed by atoms with Gasteiger partial charge in [0.15, 0.2) is 0 Å². The van der Waals surface area contributed by atoms with Gasteiger partial charge < -0.3 is 25.2 Å². The van der Waals surface area contributed by atoms with Gasteiger partial charge >= 0.3 is 12.0 Å². The molecule has 1 fully saturated rings. The van der Waals surface area contributed by atoms with Crippen molar-refractivity contribution < 1.29 is 9.53 Å². The number of nitrogens with one attached hydrogen (secondary N) is 2. The van der Waals surface area contributed by atoms with E-state index in [0.29, 0.717) is 18.0 Å². The lowest BCUT2D eigenvalue weighted by Gasteiger charge is -2.21. The molecule has 1 aromatic carbocycles. The summed E-state index contributed by atoms with van der Waals surface area (Å²) in [6.45, 7) is 4.52. The molecule has 3 heterocycles. The Labute approximate surface area is 187 Å². The second-order valence-corrected chi connectivity index (χ2v) is 7.64. The highest BCUT2D eigenvalue weighted by molar-refractivity contribution is 5.89. The van der Waals surface area contributed by atoms with E-state index in [0.717, 1.165) is 44.0 Å². The van der Waals surface area contributed by atoms with Crippen molar-refractivity contribution in [3.63, 3.8) is 0 Å². The number of benzene rings is 1. The molecule has 0 atom stereocenters. The van der Waals surface area contributed by atoms with Crippen LogP contribution in [0.3, 0.4) is 0 Å². The smallest absolute Gasteiger partial charge is 0.321 e. The SMILES string of the molecule is CN1CCCN(c2ccc(CNC(=O)Nc3cccc(Oc4ncccn4)c3)cn2)CC1. The van der Waals surface area contributed by atoms with Crippen LogP contribution >= 0.6 is 0 Å². The third-order valence-corrected chi connectivity index (χ3v) is 5.15. The number of likely N-dealkylation sites (N-methyl/N-ethyl adjacent to an activating group) is 1. The average Bonchev–Trinajstić information content (AvgIpc) is 3.03. The molecule has 166 valence electrons. The van der Waals surface area contributed by atoms with Crippen LogP contribution in [0.1, 0.15) is 12.0 Å². The van der Waals surface area contributed by atoms with Crippen LogP contribution < -0.4 is 20.3 Å². The van der Waals surface area contributed by atoms with Gasteiger partial charge in [0.2, 0.25) is 0 Å². The van der Waals surface area contributed by atoms with Crippen LogP contribution in [0.4, 0.5) is 16.3 Å². The first-order valence-corrected chi connectivity index (χ1v) is 10.6. The first-order chi connectivity index (χ1) is 15.7. The molecule has 0 aliphatic carbocycles. The molecule has 0 saturated carbocycles. The molecular weight excluding hydrogens is 406 g/mol. The number of ether oxygens (including phenoxy) is 1. The Morgan fingerprint density at radius 1 is 1.03 bits per heavy atom. The second-order valence-electron chi connectivity index (χ2n) is 7.64. The van der Waals surface area contributed by atoms with Gasteiger partial charge in [-0.05, 0) is 49.8 Å². The largest absolute Gasteiger partial charge is 0.424 e. The van der Waals surface area contributed by atoms with Crippen LogP contribution in [-0.4, -0.2) is 59.1 Å². The summed E-state index contributed by atoms with van der Waals surface area (Å²) in [5.41, 5.74) is 1.55. The van der Waals surface area contributed by atoms with Crippen LogP contribution in [0.5, 0.6) is 11.8 Å². The quantitative estimate of drug-likeness (QED) is 0.617. The van der Waals surface area contributed by atoms with E-state index in [1.165, 1.54) is 0 Å². The number of anilines is 2. The van der Waals surface area contributed by atoms with Gasteiger partial charge in [-0.1, -0.05) is 12.1 Å². The van der Waals surface area contributed by atoms with Crippen LogP contribution in [0.25, 0.3) is 0 Å². The van der Waals surface area contributed by atoms with Crippen molar-refractivity contribution in [2.24, 2.45) is 0 Å². The van der Waals surface area contributed by atoms with E-state index in [1.807, 2.05) is 18.3 Å². The molecule has 1 aliphatic rings. The fourth-order valence-corrected chi connectivity index (χ4v) is 3.42. The van der Waals surface area contributed by atoms with Crippen molar-refractivity contribution in [3.05, 3.63) is 66.6 Å². The number of hydrogen-bond donors (Lipinski definition) is 2. The monoisotopic (exact) mass is 433 g/mol. The summed E-state index contributed by atoms with van der Waals surface area (Å²) >= 11 is 0. The summed E-state index contributed by atoms with van der Waals surface area (Å²) in [6, 6.07) is 12.7. The number of aromatic nitrogens is 3. The van der Waals surface area contributed by atoms with E-state index >= 15 is 0 Å². The predicted octanol–water partition coefficient (Wildman–Crippen LogP) is 3.13. The average molecular weight is 434 g/mol. The number of carbonyl (C=O) groups is 1. The van der Waals surface area contributed by atoms with Crippen molar-refractivity contribution in [2.45, 2.75) is 13.0 Å². The second kappa shape index (κ2) is 10.5. The lowest BCUT2D eigenvalue weighted by atomic mass is 10.2. The number of pyridine rings is 1. The third kappa shape index (κ3) is 6.14. The minimum Gasteiger partial charge on any atom is -0.424 e. The van der Waals surface area contributed by atoms with Gasteiger partial charge in [-0.25, -0.2) is 19.7 Å². The Bertz CT molecular complexity index is 1010. The topological polar surface area (TPSA) is 95.5 Å². The Morgan fingerprint density at radius 3 is 2.72 bits per heavy atom. The van der Waals surface area contributed by atoms with Gasteiger partial charge in [-0.15, -0.1) is 0 Å². The van der Waals surface area contributed by atoms with Crippen LogP contribution in [0.2, 0.25) is 0 Å². The lowest BCUT2D eigenvalue weighted by Crippen LogP contribution is -2.30. The molecule has 0 bridgehead atoms. The minimum absolute atomic E-state index is 0.247. The molecule has 4 rings (SSSR count). The summed E-state index contributed by atoms with van der Waals surface area (Å²) in [7, 11) is 2.15. The zero-order valence-electron chi connectivity index (χ0n) is 18.1. The lowest BCUT2D eigenvalue weighted by molar-refractivity contribution is 0.251. The van der Waals surface area contributed by atoms with E-state index in [2.05, 4.69) is 42.4 Å². The van der Waals surface area contributed by atoms with Gasteiger partial charge in [0, 0.05) is 56.5 Å². The van der Waals surface area contributed by atoms with Crippen molar-refractivity contribution in [2.75, 3.05) is 43.4 Å². The van der Waals surface area contributed by atoms with Crippen LogP contribution in [0, 0.1) is 0 Å². The molecule has 2 aromatic heterocycles. The van der Waals surface area contributed by atoms with Crippen LogP contribution in [0.15, 0.2) is 61.1 Å². The summed E-state index contributed by atoms with van der Waals surface area (Å²) in [4.78, 5) is 29.6. The first kappa shape index (κ1) is 21.5. The van der Waals surface area contributed by atoms with Gasteiger partial charge in [-0.2, -0.15) is 0 Å². The predicted molar refractivity (Wildman–Crippen MR) is 123 cm³/mol. The molecular formula is C23H27N7O2. The van der Waals surface area contributed by atoms with Gasteiger partial charge in [0.05, 0.1) is 0 Å². The number of nitrogens with zero attached hydrogens (tertiary/aromatic N) is 5. The normalized spacial score (nSPS) is 14.5. The van der Waals surface area contributed by atoms with Crippen molar-refractivity contribution in [1.29, 1.82) is 0 Å². The number of hydrogen-bond acceptors (Lipinski definition) is 7. The molecule has 2 amide bonds. The molecule has 1 aliphatic heterocycles. The van der Waals surface area contributed by atoms with Crippen molar-refractivity contribution in [1.82, 2.24) is 25.2 Å². The fraction of sp³-hybridized carbons (Fsp3) is 0.304. The molecule has 0 unspecified atom stereocenters. The Morgan fingerprint density at radius 2 is 1.91 bits per heavy atom. The number of urea groups is 1. The maximum absolute atomic E-state index is 12.3. The fourth-order valence-electron chi connectivity index (χ4n) is 3.42. The molecule has 2 N–H and O–H groups in total. The molecule has 3 aromatic rings. The maximum Gasteiger partial charge on any atom is 0.321 e. The number of carbonyl (C=O) groups excluding carboxylic acids is 1. The van der Waals surface area contributed by atoms with E-state index < -0.39 is 0 Å². The van der Waals surface area contributed by atoms with Crippen molar-refractivity contribution >= 4 is 17.5 Å². The highest BCUT2D eigenvalue weighted by Gasteiger charge is 2.13. The highest BCUT2D eigenvalue weighted by Crippen LogP contribution is 2.21.